The van der Waals surface area contributed by atoms with Crippen LogP contribution >= 0.6 is 11.8 Å². The maximum Gasteiger partial charge on any atom is 0.237 e. The van der Waals surface area contributed by atoms with E-state index in [0.717, 1.165) is 68.7 Å². The van der Waals surface area contributed by atoms with Crippen molar-refractivity contribution in [1.82, 2.24) is 14.8 Å². The molecule has 1 atom stereocenters. The molecule has 0 spiro atoms. The molecular weight excluding hydrogens is 450 g/mol. The number of carbonyl (C=O) groups is 1. The Morgan fingerprint density at radius 2 is 1.79 bits per heavy atom. The summed E-state index contributed by atoms with van der Waals surface area (Å²) < 4.78 is 13.6. The second-order valence-corrected chi connectivity index (χ2v) is 10.2. The lowest BCUT2D eigenvalue weighted by atomic mass is 9.93. The van der Waals surface area contributed by atoms with Crippen LogP contribution in [0.5, 0.6) is 0 Å². The van der Waals surface area contributed by atoms with Crippen LogP contribution in [-0.2, 0) is 20.8 Å². The summed E-state index contributed by atoms with van der Waals surface area (Å²) >= 11 is 1.50. The lowest BCUT2D eigenvalue weighted by Gasteiger charge is -2.34. The Morgan fingerprint density at radius 1 is 1.00 bits per heavy atom. The van der Waals surface area contributed by atoms with Crippen molar-refractivity contribution >= 4 is 29.3 Å². The van der Waals surface area contributed by atoms with E-state index in [0.29, 0.717) is 19.0 Å². The van der Waals surface area contributed by atoms with Crippen LogP contribution in [0.4, 0.5) is 11.6 Å². The minimum atomic E-state index is 0.141. The first kappa shape index (κ1) is 23.6. The summed E-state index contributed by atoms with van der Waals surface area (Å²) in [5, 5.41) is 9.85. The van der Waals surface area contributed by atoms with Crippen LogP contribution in [0.1, 0.15) is 44.9 Å². The third-order valence-corrected chi connectivity index (χ3v) is 7.92. The van der Waals surface area contributed by atoms with E-state index >= 15 is 0 Å². The molecule has 1 aromatic heterocycles. The summed E-state index contributed by atoms with van der Waals surface area (Å²) in [6.07, 6.45) is 8.10. The van der Waals surface area contributed by atoms with Gasteiger partial charge >= 0.3 is 0 Å². The molecule has 184 valence electrons. The number of ether oxygens (including phenoxy) is 2. The van der Waals surface area contributed by atoms with E-state index in [1.807, 2.05) is 35.2 Å². The SMILES string of the molecule is O=C(CSc1nnc(N2CCOCC2)n1C[C@H]1CCCO1)N(c1ccccc1)C1CCCCC1. The van der Waals surface area contributed by atoms with Crippen molar-refractivity contribution in [3.63, 3.8) is 0 Å². The van der Waals surface area contributed by atoms with Crippen molar-refractivity contribution in [2.75, 3.05) is 48.5 Å². The molecule has 2 aromatic rings. The number of thioether (sulfide) groups is 1. The van der Waals surface area contributed by atoms with Crippen LogP contribution in [-0.4, -0.2) is 71.5 Å². The Morgan fingerprint density at radius 3 is 2.53 bits per heavy atom. The predicted octanol–water partition coefficient (Wildman–Crippen LogP) is 3.75. The highest BCUT2D eigenvalue weighted by atomic mass is 32.2. The summed E-state index contributed by atoms with van der Waals surface area (Å²) in [6, 6.07) is 10.4. The van der Waals surface area contributed by atoms with Gasteiger partial charge in [-0.25, -0.2) is 0 Å². The monoisotopic (exact) mass is 485 g/mol. The molecule has 3 aliphatic rings. The average molecular weight is 486 g/mol. The highest BCUT2D eigenvalue weighted by Crippen LogP contribution is 2.30. The van der Waals surface area contributed by atoms with Crippen LogP contribution in [0.25, 0.3) is 0 Å². The molecule has 0 bridgehead atoms. The van der Waals surface area contributed by atoms with E-state index in [2.05, 4.69) is 19.7 Å². The Bertz CT molecular complexity index is 922. The second-order valence-electron chi connectivity index (χ2n) is 9.31. The van der Waals surface area contributed by atoms with E-state index < -0.39 is 0 Å². The minimum Gasteiger partial charge on any atom is -0.378 e. The van der Waals surface area contributed by atoms with Crippen molar-refractivity contribution in [2.24, 2.45) is 0 Å². The number of aromatic nitrogens is 3. The minimum absolute atomic E-state index is 0.141. The first-order valence-electron chi connectivity index (χ1n) is 12.7. The quantitative estimate of drug-likeness (QED) is 0.527. The van der Waals surface area contributed by atoms with Gasteiger partial charge in [-0.1, -0.05) is 49.2 Å². The second kappa shape index (κ2) is 11.6. The number of benzene rings is 1. The molecule has 1 saturated carbocycles. The number of nitrogens with zero attached hydrogens (tertiary/aromatic N) is 5. The number of rotatable bonds is 8. The van der Waals surface area contributed by atoms with Gasteiger partial charge in [0, 0.05) is 31.4 Å². The van der Waals surface area contributed by atoms with E-state index in [1.165, 1.54) is 31.0 Å². The fourth-order valence-corrected chi connectivity index (χ4v) is 6.02. The molecule has 0 N–H and O–H groups in total. The number of hydrogen-bond acceptors (Lipinski definition) is 7. The molecule has 1 aliphatic carbocycles. The molecule has 34 heavy (non-hydrogen) atoms. The zero-order valence-electron chi connectivity index (χ0n) is 19.8. The molecule has 1 amide bonds. The Hall–Kier alpha value is -2.10. The molecule has 5 rings (SSSR count). The van der Waals surface area contributed by atoms with E-state index in [9.17, 15) is 4.79 Å². The van der Waals surface area contributed by atoms with Gasteiger partial charge in [0.2, 0.25) is 11.9 Å². The van der Waals surface area contributed by atoms with Gasteiger partial charge in [-0.3, -0.25) is 9.36 Å². The number of para-hydroxylation sites is 1. The topological polar surface area (TPSA) is 72.7 Å². The third-order valence-electron chi connectivity index (χ3n) is 6.97. The zero-order chi connectivity index (χ0) is 23.2. The summed E-state index contributed by atoms with van der Waals surface area (Å²) in [7, 11) is 0. The third kappa shape index (κ3) is 5.58. The summed E-state index contributed by atoms with van der Waals surface area (Å²) in [5.41, 5.74) is 0.995. The fraction of sp³-hybridized carbons (Fsp3) is 0.640. The summed E-state index contributed by atoms with van der Waals surface area (Å²) in [6.45, 7) is 4.53. The molecule has 3 heterocycles. The van der Waals surface area contributed by atoms with Gasteiger partial charge in [-0.2, -0.15) is 0 Å². The molecule has 8 nitrogen and oxygen atoms in total. The van der Waals surface area contributed by atoms with Crippen molar-refractivity contribution in [3.05, 3.63) is 30.3 Å². The predicted molar refractivity (Wildman–Crippen MR) is 134 cm³/mol. The number of anilines is 2. The van der Waals surface area contributed by atoms with Crippen molar-refractivity contribution in [1.29, 1.82) is 0 Å². The largest absolute Gasteiger partial charge is 0.378 e. The van der Waals surface area contributed by atoms with Crippen molar-refractivity contribution in [2.45, 2.75) is 68.8 Å². The van der Waals surface area contributed by atoms with E-state index in [-0.39, 0.29) is 18.1 Å². The lowest BCUT2D eigenvalue weighted by molar-refractivity contribution is -0.116. The Balaban J connectivity index is 1.33. The number of morpholine rings is 1. The van der Waals surface area contributed by atoms with Crippen molar-refractivity contribution < 1.29 is 14.3 Å². The number of hydrogen-bond donors (Lipinski definition) is 0. The molecule has 2 aliphatic heterocycles. The highest BCUT2D eigenvalue weighted by molar-refractivity contribution is 7.99. The Kier molecular flexibility index (Phi) is 8.03. The van der Waals surface area contributed by atoms with E-state index in [1.54, 1.807) is 0 Å². The number of amides is 1. The van der Waals surface area contributed by atoms with E-state index in [4.69, 9.17) is 9.47 Å². The zero-order valence-corrected chi connectivity index (χ0v) is 20.6. The molecule has 3 fully saturated rings. The van der Waals surface area contributed by atoms with Gasteiger partial charge in [-0.05, 0) is 37.8 Å². The van der Waals surface area contributed by atoms with Crippen LogP contribution in [0, 0.1) is 0 Å². The molecule has 1 aromatic carbocycles. The highest BCUT2D eigenvalue weighted by Gasteiger charge is 2.29. The summed E-state index contributed by atoms with van der Waals surface area (Å²) in [4.78, 5) is 17.8. The van der Waals surface area contributed by atoms with Crippen LogP contribution in [0.2, 0.25) is 0 Å². The number of carbonyl (C=O) groups excluding carboxylic acids is 1. The first-order valence-corrected chi connectivity index (χ1v) is 13.7. The standard InChI is InChI=1S/C25H35N5O3S/c31-23(30(20-8-3-1-4-9-20)21-10-5-2-6-11-21)19-34-25-27-26-24(28-13-16-32-17-14-28)29(25)18-22-12-7-15-33-22/h1,3-4,8-9,21-22H,2,5-7,10-19H2/t22-/m1/s1. The van der Waals surface area contributed by atoms with Gasteiger partial charge < -0.3 is 19.3 Å². The van der Waals surface area contributed by atoms with Crippen molar-refractivity contribution in [3.8, 4) is 0 Å². The Labute approximate surface area is 206 Å². The van der Waals surface area contributed by atoms with Crippen LogP contribution in [0.15, 0.2) is 35.5 Å². The maximum absolute atomic E-state index is 13.6. The molecular formula is C25H35N5O3S. The normalized spacial score (nSPS) is 21.6. The summed E-state index contributed by atoms with van der Waals surface area (Å²) in [5.74, 6) is 1.35. The van der Waals surface area contributed by atoms with Gasteiger partial charge in [0.15, 0.2) is 5.16 Å². The van der Waals surface area contributed by atoms with Crippen LogP contribution < -0.4 is 9.80 Å². The van der Waals surface area contributed by atoms with Gasteiger partial charge in [0.1, 0.15) is 0 Å². The molecule has 0 radical (unpaired) electrons. The van der Waals surface area contributed by atoms with Gasteiger partial charge in [0.05, 0.1) is 31.6 Å². The molecule has 9 heteroatoms. The van der Waals surface area contributed by atoms with Gasteiger partial charge in [-0.15, -0.1) is 10.2 Å². The lowest BCUT2D eigenvalue weighted by Crippen LogP contribution is -2.42. The first-order chi connectivity index (χ1) is 16.8. The van der Waals surface area contributed by atoms with Gasteiger partial charge in [0.25, 0.3) is 0 Å². The maximum atomic E-state index is 13.6. The molecule has 0 unspecified atom stereocenters. The average Bonchev–Trinajstić information content (AvgIpc) is 3.55. The smallest absolute Gasteiger partial charge is 0.237 e. The van der Waals surface area contributed by atoms with Crippen LogP contribution in [0.3, 0.4) is 0 Å². The fourth-order valence-electron chi connectivity index (χ4n) is 5.22. The molecule has 2 saturated heterocycles.